The van der Waals surface area contributed by atoms with Gasteiger partial charge in [0.2, 0.25) is 0 Å². The molecule has 0 aliphatic carbocycles. The van der Waals surface area contributed by atoms with E-state index in [0.29, 0.717) is 37.9 Å². The summed E-state index contributed by atoms with van der Waals surface area (Å²) in [5.41, 5.74) is 0. The summed E-state index contributed by atoms with van der Waals surface area (Å²) >= 11 is 11.3. The van der Waals surface area contributed by atoms with Crippen molar-refractivity contribution in [1.29, 1.82) is 0 Å². The molecule has 1 aliphatic heterocycles. The predicted molar refractivity (Wildman–Crippen MR) is 72.0 cm³/mol. The fourth-order valence-electron chi connectivity index (χ4n) is 1.97. The molecule has 0 atom stereocenters. The Morgan fingerprint density at radius 2 is 1.41 bits per heavy atom. The fourth-order valence-corrected chi connectivity index (χ4v) is 4.27. The van der Waals surface area contributed by atoms with Crippen molar-refractivity contribution < 1.29 is 8.42 Å². The number of rotatable bonds is 6. The highest BCUT2D eigenvalue weighted by molar-refractivity contribution is 7.86. The first-order chi connectivity index (χ1) is 8.12. The van der Waals surface area contributed by atoms with Crippen LogP contribution in [0.3, 0.4) is 0 Å². The van der Waals surface area contributed by atoms with Gasteiger partial charge in [-0.15, -0.1) is 23.2 Å². The average Bonchev–Trinajstić information content (AvgIpc) is 2.57. The summed E-state index contributed by atoms with van der Waals surface area (Å²) in [6.07, 6.45) is 4.09. The van der Waals surface area contributed by atoms with E-state index < -0.39 is 10.2 Å². The second-order valence-corrected chi connectivity index (χ2v) is 6.78. The minimum Gasteiger partial charge on any atom is -0.195 e. The molecule has 1 aliphatic rings. The summed E-state index contributed by atoms with van der Waals surface area (Å²) in [5.74, 6) is 0.591. The van der Waals surface area contributed by atoms with Crippen molar-refractivity contribution in [2.24, 2.45) is 0 Å². The Balaban J connectivity index is 2.74. The minimum absolute atomic E-state index is 0.296. The van der Waals surface area contributed by atoms with E-state index >= 15 is 0 Å². The summed E-state index contributed by atoms with van der Waals surface area (Å²) in [6, 6.07) is 0. The maximum Gasteiger partial charge on any atom is 0.282 e. The van der Waals surface area contributed by atoms with Gasteiger partial charge in [-0.05, 0) is 12.8 Å². The standard InChI is InChI=1S/C10H20Cl2N2O2S/c11-5-9-14(10-6-12)17(15,16)13-7-3-1-2-4-8-13/h1-10H2. The molecule has 0 aromatic carbocycles. The van der Waals surface area contributed by atoms with Crippen LogP contribution in [0.15, 0.2) is 0 Å². The van der Waals surface area contributed by atoms with Crippen LogP contribution >= 0.6 is 23.2 Å². The van der Waals surface area contributed by atoms with Crippen LogP contribution in [-0.4, -0.2) is 55.0 Å². The molecule has 0 unspecified atom stereocenters. The van der Waals surface area contributed by atoms with E-state index in [1.54, 1.807) is 4.31 Å². The molecular weight excluding hydrogens is 283 g/mol. The first-order valence-electron chi connectivity index (χ1n) is 6.00. The lowest BCUT2D eigenvalue weighted by molar-refractivity contribution is 0.356. The quantitative estimate of drug-likeness (QED) is 0.703. The largest absolute Gasteiger partial charge is 0.282 e. The van der Waals surface area contributed by atoms with Gasteiger partial charge in [-0.3, -0.25) is 0 Å². The van der Waals surface area contributed by atoms with Crippen LogP contribution in [0.5, 0.6) is 0 Å². The van der Waals surface area contributed by atoms with Crippen molar-refractivity contribution in [2.75, 3.05) is 37.9 Å². The van der Waals surface area contributed by atoms with E-state index in [0.717, 1.165) is 25.7 Å². The Kier molecular flexibility index (Phi) is 7.11. The zero-order chi connectivity index (χ0) is 12.7. The summed E-state index contributed by atoms with van der Waals surface area (Å²) in [5, 5.41) is 0. The molecular formula is C10H20Cl2N2O2S. The Morgan fingerprint density at radius 1 is 0.941 bits per heavy atom. The molecule has 1 rings (SSSR count). The van der Waals surface area contributed by atoms with E-state index in [-0.39, 0.29) is 0 Å². The fraction of sp³-hybridized carbons (Fsp3) is 1.00. The predicted octanol–water partition coefficient (Wildman–Crippen LogP) is 1.89. The molecule has 7 heteroatoms. The minimum atomic E-state index is -3.37. The highest BCUT2D eigenvalue weighted by atomic mass is 35.5. The summed E-state index contributed by atoms with van der Waals surface area (Å²) < 4.78 is 27.7. The molecule has 0 amide bonds. The van der Waals surface area contributed by atoms with Gasteiger partial charge in [0.15, 0.2) is 0 Å². The third-order valence-electron chi connectivity index (χ3n) is 2.89. The zero-order valence-electron chi connectivity index (χ0n) is 9.95. The lowest BCUT2D eigenvalue weighted by atomic mass is 10.2. The molecule has 0 saturated carbocycles. The van der Waals surface area contributed by atoms with E-state index in [2.05, 4.69) is 0 Å². The zero-order valence-corrected chi connectivity index (χ0v) is 12.3. The van der Waals surface area contributed by atoms with Crippen molar-refractivity contribution in [1.82, 2.24) is 8.61 Å². The monoisotopic (exact) mass is 302 g/mol. The van der Waals surface area contributed by atoms with Crippen molar-refractivity contribution in [3.8, 4) is 0 Å². The molecule has 102 valence electrons. The molecule has 1 saturated heterocycles. The lowest BCUT2D eigenvalue weighted by Gasteiger charge is -2.28. The Bertz CT molecular complexity index is 289. The van der Waals surface area contributed by atoms with Gasteiger partial charge in [0.05, 0.1) is 0 Å². The molecule has 0 aromatic rings. The van der Waals surface area contributed by atoms with Gasteiger partial charge >= 0.3 is 0 Å². The molecule has 0 spiro atoms. The average molecular weight is 303 g/mol. The van der Waals surface area contributed by atoms with Gasteiger partial charge in [0, 0.05) is 37.9 Å². The van der Waals surface area contributed by atoms with E-state index in [9.17, 15) is 8.42 Å². The highest BCUT2D eigenvalue weighted by Gasteiger charge is 2.29. The van der Waals surface area contributed by atoms with Gasteiger partial charge < -0.3 is 0 Å². The maximum absolute atomic E-state index is 12.4. The van der Waals surface area contributed by atoms with Crippen LogP contribution in [0.4, 0.5) is 0 Å². The number of hydrogen-bond donors (Lipinski definition) is 0. The van der Waals surface area contributed by atoms with Crippen LogP contribution in [0.25, 0.3) is 0 Å². The normalized spacial score (nSPS) is 19.5. The van der Waals surface area contributed by atoms with E-state index in [4.69, 9.17) is 23.2 Å². The van der Waals surface area contributed by atoms with Crippen LogP contribution in [0.1, 0.15) is 25.7 Å². The molecule has 0 radical (unpaired) electrons. The van der Waals surface area contributed by atoms with Crippen LogP contribution in [0.2, 0.25) is 0 Å². The first kappa shape index (κ1) is 15.5. The lowest BCUT2D eigenvalue weighted by Crippen LogP contribution is -2.45. The molecule has 1 heterocycles. The van der Waals surface area contributed by atoms with Crippen molar-refractivity contribution in [3.63, 3.8) is 0 Å². The van der Waals surface area contributed by atoms with Gasteiger partial charge in [-0.25, -0.2) is 0 Å². The number of alkyl halides is 2. The summed E-state index contributed by atoms with van der Waals surface area (Å²) in [4.78, 5) is 0. The number of nitrogens with zero attached hydrogens (tertiary/aromatic N) is 2. The summed E-state index contributed by atoms with van der Waals surface area (Å²) in [7, 11) is -3.37. The molecule has 0 N–H and O–H groups in total. The summed E-state index contributed by atoms with van der Waals surface area (Å²) in [6.45, 7) is 1.88. The molecule has 0 bridgehead atoms. The van der Waals surface area contributed by atoms with Crippen molar-refractivity contribution >= 4 is 33.4 Å². The van der Waals surface area contributed by atoms with E-state index in [1.165, 1.54) is 4.31 Å². The van der Waals surface area contributed by atoms with Crippen LogP contribution < -0.4 is 0 Å². The Morgan fingerprint density at radius 3 is 1.82 bits per heavy atom. The van der Waals surface area contributed by atoms with Crippen molar-refractivity contribution in [3.05, 3.63) is 0 Å². The second kappa shape index (κ2) is 7.79. The van der Waals surface area contributed by atoms with Crippen molar-refractivity contribution in [2.45, 2.75) is 25.7 Å². The third kappa shape index (κ3) is 4.56. The van der Waals surface area contributed by atoms with Gasteiger partial charge in [0.25, 0.3) is 10.2 Å². The molecule has 0 aromatic heterocycles. The topological polar surface area (TPSA) is 40.6 Å². The number of hydrogen-bond acceptors (Lipinski definition) is 2. The first-order valence-corrected chi connectivity index (χ1v) is 8.46. The van der Waals surface area contributed by atoms with Gasteiger partial charge in [-0.1, -0.05) is 12.8 Å². The molecule has 4 nitrogen and oxygen atoms in total. The second-order valence-electron chi connectivity index (χ2n) is 4.10. The van der Waals surface area contributed by atoms with Gasteiger partial charge in [0.1, 0.15) is 0 Å². The highest BCUT2D eigenvalue weighted by Crippen LogP contribution is 2.16. The maximum atomic E-state index is 12.4. The van der Waals surface area contributed by atoms with Crippen LogP contribution in [-0.2, 0) is 10.2 Å². The van der Waals surface area contributed by atoms with Gasteiger partial charge in [-0.2, -0.15) is 17.0 Å². The smallest absolute Gasteiger partial charge is 0.195 e. The van der Waals surface area contributed by atoms with E-state index in [1.807, 2.05) is 0 Å². The molecule has 17 heavy (non-hydrogen) atoms. The number of halogens is 2. The SMILES string of the molecule is O=S(=O)(N(CCCl)CCCl)N1CCCCCC1. The Labute approximate surface area is 114 Å². The van der Waals surface area contributed by atoms with Crippen LogP contribution in [0, 0.1) is 0 Å². The molecule has 1 fully saturated rings. The Hall–Kier alpha value is 0.450. The third-order valence-corrected chi connectivity index (χ3v) is 5.26.